The number of hydrogen-bond donors (Lipinski definition) is 0. The Kier molecular flexibility index (Phi) is 9.54. The van der Waals surface area contributed by atoms with Gasteiger partial charge in [-0.3, -0.25) is 4.90 Å². The van der Waals surface area contributed by atoms with Crippen molar-refractivity contribution < 1.29 is 19.1 Å². The first kappa shape index (κ1) is 18.9. The number of likely N-dealkylation sites (N-methyl/N-ethyl adjacent to an activating group) is 1. The molecule has 0 aliphatic heterocycles. The van der Waals surface area contributed by atoms with Gasteiger partial charge in [0.25, 0.3) is 0 Å². The highest BCUT2D eigenvalue weighted by Crippen LogP contribution is 2.13. The van der Waals surface area contributed by atoms with Gasteiger partial charge < -0.3 is 9.47 Å². The van der Waals surface area contributed by atoms with E-state index in [-0.39, 0.29) is 19.1 Å². The molecule has 0 aliphatic rings. The van der Waals surface area contributed by atoms with E-state index in [1.165, 1.54) is 11.9 Å². The summed E-state index contributed by atoms with van der Waals surface area (Å²) >= 11 is 0. The van der Waals surface area contributed by atoms with Crippen LogP contribution in [0.3, 0.4) is 0 Å². The molecule has 0 N–H and O–H groups in total. The molecule has 0 spiro atoms. The Morgan fingerprint density at radius 1 is 1.10 bits per heavy atom. The molecular weight excluding hydrogens is 270 g/mol. The molecule has 0 rings (SSSR count). The zero-order valence-corrected chi connectivity index (χ0v) is 12.9. The molecule has 0 radical (unpaired) electrons. The fourth-order valence-corrected chi connectivity index (χ4v) is 1.59. The summed E-state index contributed by atoms with van der Waals surface area (Å²) in [6.45, 7) is 4.18. The van der Waals surface area contributed by atoms with E-state index in [9.17, 15) is 9.59 Å². The molecule has 0 bridgehead atoms. The molecule has 1 amide bonds. The van der Waals surface area contributed by atoms with Crippen molar-refractivity contribution in [1.82, 2.24) is 4.90 Å². The molecule has 21 heavy (non-hydrogen) atoms. The van der Waals surface area contributed by atoms with Gasteiger partial charge in [0.2, 0.25) is 0 Å². The van der Waals surface area contributed by atoms with Crippen molar-refractivity contribution in [3.05, 3.63) is 0 Å². The smallest absolute Gasteiger partial charge is 0.410 e. The summed E-state index contributed by atoms with van der Waals surface area (Å²) in [4.78, 5) is 25.2. The number of amides is 1. The van der Waals surface area contributed by atoms with Crippen LogP contribution in [0.2, 0.25) is 0 Å². The van der Waals surface area contributed by atoms with Crippen LogP contribution in [-0.2, 0) is 14.3 Å². The lowest BCUT2D eigenvalue weighted by molar-refractivity contribution is -0.149. The average molecular weight is 293 g/mol. The molecule has 0 fully saturated rings. The van der Waals surface area contributed by atoms with E-state index in [0.717, 1.165) is 0 Å². The van der Waals surface area contributed by atoms with Crippen LogP contribution < -0.4 is 0 Å². The molecule has 116 valence electrons. The van der Waals surface area contributed by atoms with Crippen LogP contribution in [0.4, 0.5) is 4.79 Å². The van der Waals surface area contributed by atoms with Crippen molar-refractivity contribution in [3.63, 3.8) is 0 Å². The number of ether oxygens (including phenoxy) is 2. The highest BCUT2D eigenvalue weighted by molar-refractivity contribution is 5.81. The van der Waals surface area contributed by atoms with E-state index < -0.39 is 18.1 Å². The number of terminal acetylenes is 2. The van der Waals surface area contributed by atoms with Gasteiger partial charge in [0.1, 0.15) is 19.3 Å². The van der Waals surface area contributed by atoms with Crippen molar-refractivity contribution in [2.75, 3.05) is 20.3 Å². The van der Waals surface area contributed by atoms with Crippen LogP contribution in [0.1, 0.15) is 33.1 Å². The van der Waals surface area contributed by atoms with Gasteiger partial charge in [0.15, 0.2) is 0 Å². The summed E-state index contributed by atoms with van der Waals surface area (Å²) in [6.07, 6.45) is 10.8. The Morgan fingerprint density at radius 3 is 2.10 bits per heavy atom. The fourth-order valence-electron chi connectivity index (χ4n) is 1.59. The third kappa shape index (κ3) is 7.89. The van der Waals surface area contributed by atoms with Crippen LogP contribution >= 0.6 is 0 Å². The third-order valence-electron chi connectivity index (χ3n) is 2.68. The maximum Gasteiger partial charge on any atom is 0.410 e. The zero-order chi connectivity index (χ0) is 16.3. The topological polar surface area (TPSA) is 55.8 Å². The van der Waals surface area contributed by atoms with Crippen molar-refractivity contribution >= 4 is 12.1 Å². The Morgan fingerprint density at radius 2 is 1.62 bits per heavy atom. The number of nitrogens with zero attached hydrogens (tertiary/aromatic N) is 1. The lowest BCUT2D eigenvalue weighted by Crippen LogP contribution is -2.44. The zero-order valence-electron chi connectivity index (χ0n) is 12.9. The van der Waals surface area contributed by atoms with Gasteiger partial charge in [-0.2, -0.15) is 0 Å². The second-order valence-corrected chi connectivity index (χ2v) is 4.95. The Bertz CT molecular complexity index is 417. The molecule has 1 atom stereocenters. The molecule has 0 aromatic heterocycles. The van der Waals surface area contributed by atoms with Crippen molar-refractivity contribution in [2.24, 2.45) is 5.92 Å². The van der Waals surface area contributed by atoms with Crippen molar-refractivity contribution in [1.29, 1.82) is 0 Å². The standard InChI is InChI=1S/C16H23NO4/c1-6-8-10-20-15(18)14(12-13(3)4)17(5)16(19)21-11-9-7-2/h1-2,13-14H,8-12H2,3-5H3/t14-/m0/s1. The number of esters is 1. The second kappa shape index (κ2) is 10.6. The molecule has 5 heteroatoms. The predicted octanol–water partition coefficient (Wildman–Crippen LogP) is 2.06. The summed E-state index contributed by atoms with van der Waals surface area (Å²) in [5.41, 5.74) is 0. The minimum absolute atomic E-state index is 0.125. The lowest BCUT2D eigenvalue weighted by atomic mass is 10.0. The van der Waals surface area contributed by atoms with Crippen molar-refractivity contribution in [2.45, 2.75) is 39.2 Å². The molecule has 0 aromatic rings. The van der Waals surface area contributed by atoms with E-state index in [4.69, 9.17) is 22.3 Å². The maximum atomic E-state index is 12.1. The van der Waals surface area contributed by atoms with Gasteiger partial charge in [0, 0.05) is 19.9 Å². The summed E-state index contributed by atoms with van der Waals surface area (Å²) < 4.78 is 10.1. The molecule has 0 aliphatic carbocycles. The Labute approximate surface area is 127 Å². The van der Waals surface area contributed by atoms with Gasteiger partial charge in [-0.25, -0.2) is 9.59 Å². The second-order valence-electron chi connectivity index (χ2n) is 4.95. The predicted molar refractivity (Wildman–Crippen MR) is 80.2 cm³/mol. The highest BCUT2D eigenvalue weighted by atomic mass is 16.6. The van der Waals surface area contributed by atoms with Crippen LogP contribution in [0.15, 0.2) is 0 Å². The quantitative estimate of drug-likeness (QED) is 0.390. The van der Waals surface area contributed by atoms with Crippen LogP contribution in [-0.4, -0.2) is 43.3 Å². The minimum Gasteiger partial charge on any atom is -0.463 e. The van der Waals surface area contributed by atoms with Crippen molar-refractivity contribution in [3.8, 4) is 24.7 Å². The number of carbonyl (C=O) groups is 2. The summed E-state index contributed by atoms with van der Waals surface area (Å²) in [5, 5.41) is 0. The summed E-state index contributed by atoms with van der Waals surface area (Å²) in [6, 6.07) is -0.693. The first-order chi connectivity index (χ1) is 9.93. The number of rotatable bonds is 8. The first-order valence-corrected chi connectivity index (χ1v) is 6.87. The number of carbonyl (C=O) groups excluding carboxylic acids is 2. The first-order valence-electron chi connectivity index (χ1n) is 6.87. The molecule has 0 unspecified atom stereocenters. The van der Waals surface area contributed by atoms with E-state index in [2.05, 4.69) is 11.8 Å². The molecular formula is C16H23NO4. The monoisotopic (exact) mass is 293 g/mol. The summed E-state index contributed by atoms with van der Waals surface area (Å²) in [5.74, 6) is 4.50. The third-order valence-corrected chi connectivity index (χ3v) is 2.68. The summed E-state index contributed by atoms with van der Waals surface area (Å²) in [7, 11) is 1.51. The molecule has 0 saturated heterocycles. The van der Waals surface area contributed by atoms with Gasteiger partial charge in [0.05, 0.1) is 0 Å². The van der Waals surface area contributed by atoms with E-state index in [1.54, 1.807) is 0 Å². The average Bonchev–Trinajstić information content (AvgIpc) is 2.44. The maximum absolute atomic E-state index is 12.1. The Balaban J connectivity index is 4.64. The fraction of sp³-hybridized carbons (Fsp3) is 0.625. The molecule has 0 heterocycles. The largest absolute Gasteiger partial charge is 0.463 e. The SMILES string of the molecule is C#CCCOC(=O)[C@H](CC(C)C)N(C)C(=O)OCCC#C. The molecule has 0 saturated carbocycles. The highest BCUT2D eigenvalue weighted by Gasteiger charge is 2.29. The number of hydrogen-bond acceptors (Lipinski definition) is 4. The van der Waals surface area contributed by atoms with Gasteiger partial charge in [-0.15, -0.1) is 24.7 Å². The Hall–Kier alpha value is -2.14. The van der Waals surface area contributed by atoms with E-state index in [0.29, 0.717) is 19.3 Å². The minimum atomic E-state index is -0.693. The van der Waals surface area contributed by atoms with Gasteiger partial charge in [-0.05, 0) is 12.3 Å². The van der Waals surface area contributed by atoms with E-state index in [1.807, 2.05) is 13.8 Å². The van der Waals surface area contributed by atoms with Crippen LogP contribution in [0.25, 0.3) is 0 Å². The van der Waals surface area contributed by atoms with Gasteiger partial charge in [-0.1, -0.05) is 13.8 Å². The normalized spacial score (nSPS) is 11.1. The van der Waals surface area contributed by atoms with E-state index >= 15 is 0 Å². The molecule has 5 nitrogen and oxygen atoms in total. The van der Waals surface area contributed by atoms with Crippen LogP contribution in [0.5, 0.6) is 0 Å². The molecule has 0 aromatic carbocycles. The lowest BCUT2D eigenvalue weighted by Gasteiger charge is -2.27. The van der Waals surface area contributed by atoms with Gasteiger partial charge >= 0.3 is 12.1 Å². The van der Waals surface area contributed by atoms with Crippen LogP contribution in [0, 0.1) is 30.6 Å².